The summed E-state index contributed by atoms with van der Waals surface area (Å²) in [6.07, 6.45) is 4.91. The maximum Gasteiger partial charge on any atom is 0.179 e. The number of allylic oxidation sites excluding steroid dienone is 1. The first-order chi connectivity index (χ1) is 7.09. The number of ketones is 1. The van der Waals surface area contributed by atoms with Gasteiger partial charge in [-0.1, -0.05) is 13.8 Å². The highest BCUT2D eigenvalue weighted by atomic mass is 79.9. The minimum Gasteiger partial charge on any atom is -0.496 e. The van der Waals surface area contributed by atoms with Crippen LogP contribution in [0, 0.1) is 17.8 Å². The quantitative estimate of drug-likeness (QED) is 0.733. The smallest absolute Gasteiger partial charge is 0.179 e. The first-order valence-corrected chi connectivity index (χ1v) is 6.44. The molecule has 3 atom stereocenters. The predicted molar refractivity (Wildman–Crippen MR) is 62.6 cm³/mol. The second-order valence-electron chi connectivity index (χ2n) is 4.93. The van der Waals surface area contributed by atoms with Crippen molar-refractivity contribution in [2.75, 3.05) is 0 Å². The summed E-state index contributed by atoms with van der Waals surface area (Å²) in [5.74, 6) is 1.67. The number of halogens is 1. The Labute approximate surface area is 99.2 Å². The van der Waals surface area contributed by atoms with Crippen LogP contribution >= 0.6 is 15.9 Å². The van der Waals surface area contributed by atoms with E-state index in [9.17, 15) is 4.79 Å². The molecule has 3 unspecified atom stereocenters. The lowest BCUT2D eigenvalue weighted by Crippen LogP contribution is -2.39. The van der Waals surface area contributed by atoms with Crippen LogP contribution < -0.4 is 0 Å². The van der Waals surface area contributed by atoms with Gasteiger partial charge in [0.15, 0.2) is 5.78 Å². The molecule has 3 heteroatoms. The van der Waals surface area contributed by atoms with Gasteiger partial charge in [-0.2, -0.15) is 0 Å². The number of carbonyl (C=O) groups excluding carboxylic acids is 1. The molecule has 1 heterocycles. The third kappa shape index (κ3) is 2.12. The molecular weight excluding hydrogens is 256 g/mol. The lowest BCUT2D eigenvalue weighted by atomic mass is 9.72. The average Bonchev–Trinajstić information content (AvgIpc) is 2.23. The van der Waals surface area contributed by atoms with Gasteiger partial charge in [-0.05, 0) is 47.0 Å². The van der Waals surface area contributed by atoms with Crippen LogP contribution in [0.3, 0.4) is 0 Å². The van der Waals surface area contributed by atoms with Crippen molar-refractivity contribution in [1.82, 2.24) is 0 Å². The zero-order valence-electron chi connectivity index (χ0n) is 9.20. The molecular formula is C12H17BrO2. The normalized spacial score (nSPS) is 35.9. The van der Waals surface area contributed by atoms with Crippen molar-refractivity contribution >= 4 is 21.7 Å². The van der Waals surface area contributed by atoms with E-state index in [4.69, 9.17) is 4.74 Å². The van der Waals surface area contributed by atoms with Crippen LogP contribution in [-0.2, 0) is 9.53 Å². The van der Waals surface area contributed by atoms with Crippen LogP contribution in [0.1, 0.15) is 33.1 Å². The van der Waals surface area contributed by atoms with Crippen LogP contribution in [0.4, 0.5) is 0 Å². The Morgan fingerprint density at radius 1 is 1.47 bits per heavy atom. The van der Waals surface area contributed by atoms with E-state index in [0.717, 1.165) is 12.8 Å². The Morgan fingerprint density at radius 3 is 2.87 bits per heavy atom. The van der Waals surface area contributed by atoms with Crippen molar-refractivity contribution in [3.05, 3.63) is 10.7 Å². The van der Waals surface area contributed by atoms with Crippen molar-refractivity contribution < 1.29 is 9.53 Å². The highest BCUT2D eigenvalue weighted by molar-refractivity contribution is 9.12. The van der Waals surface area contributed by atoms with E-state index in [0.29, 0.717) is 16.3 Å². The molecule has 0 aromatic rings. The van der Waals surface area contributed by atoms with Crippen LogP contribution in [0.2, 0.25) is 0 Å². The van der Waals surface area contributed by atoms with Crippen molar-refractivity contribution in [3.63, 3.8) is 0 Å². The SMILES string of the molecule is CC(C)C1CCC2OC=C(Br)C(=O)C2C1. The standard InChI is InChI=1S/C12H17BrO2/c1-7(2)8-3-4-11-9(5-8)12(14)10(13)6-15-11/h6-9,11H,3-5H2,1-2H3. The van der Waals surface area contributed by atoms with E-state index < -0.39 is 0 Å². The van der Waals surface area contributed by atoms with Gasteiger partial charge in [0.25, 0.3) is 0 Å². The zero-order chi connectivity index (χ0) is 11.0. The molecule has 1 fully saturated rings. The summed E-state index contributed by atoms with van der Waals surface area (Å²) in [6, 6.07) is 0. The fraction of sp³-hybridized carbons (Fsp3) is 0.750. The number of fused-ring (bicyclic) bond motifs is 1. The van der Waals surface area contributed by atoms with Crippen LogP contribution in [-0.4, -0.2) is 11.9 Å². The van der Waals surface area contributed by atoms with Crippen LogP contribution in [0.25, 0.3) is 0 Å². The summed E-state index contributed by atoms with van der Waals surface area (Å²) in [6.45, 7) is 4.48. The molecule has 0 N–H and O–H groups in total. The van der Waals surface area contributed by atoms with E-state index in [1.54, 1.807) is 6.26 Å². The molecule has 1 saturated carbocycles. The number of Topliss-reactive ketones (excluding diaryl/α,β-unsaturated/α-hetero) is 1. The molecule has 15 heavy (non-hydrogen) atoms. The predicted octanol–water partition coefficient (Wildman–Crippen LogP) is 3.26. The molecule has 0 amide bonds. The summed E-state index contributed by atoms with van der Waals surface area (Å²) < 4.78 is 6.17. The van der Waals surface area contributed by atoms with Gasteiger partial charge in [0, 0.05) is 0 Å². The monoisotopic (exact) mass is 272 g/mol. The second-order valence-corrected chi connectivity index (χ2v) is 5.78. The van der Waals surface area contributed by atoms with Crippen molar-refractivity contribution in [2.24, 2.45) is 17.8 Å². The lowest BCUT2D eigenvalue weighted by molar-refractivity contribution is -0.127. The highest BCUT2D eigenvalue weighted by Crippen LogP contribution is 2.39. The fourth-order valence-corrected chi connectivity index (χ4v) is 3.00. The third-order valence-electron chi connectivity index (χ3n) is 3.69. The topological polar surface area (TPSA) is 26.3 Å². The zero-order valence-corrected chi connectivity index (χ0v) is 10.8. The van der Waals surface area contributed by atoms with Gasteiger partial charge in [0.05, 0.1) is 10.4 Å². The van der Waals surface area contributed by atoms with E-state index >= 15 is 0 Å². The van der Waals surface area contributed by atoms with Crippen LogP contribution in [0.5, 0.6) is 0 Å². The van der Waals surface area contributed by atoms with Crippen molar-refractivity contribution in [1.29, 1.82) is 0 Å². The molecule has 0 aromatic heterocycles. The summed E-state index contributed by atoms with van der Waals surface area (Å²) in [7, 11) is 0. The molecule has 0 radical (unpaired) electrons. The third-order valence-corrected chi connectivity index (χ3v) is 4.27. The van der Waals surface area contributed by atoms with Crippen molar-refractivity contribution in [2.45, 2.75) is 39.2 Å². The molecule has 2 nitrogen and oxygen atoms in total. The molecule has 1 aliphatic carbocycles. The second kappa shape index (κ2) is 4.28. The number of ether oxygens (including phenoxy) is 1. The number of hydrogen-bond acceptors (Lipinski definition) is 2. The van der Waals surface area contributed by atoms with Crippen LogP contribution in [0.15, 0.2) is 10.7 Å². The summed E-state index contributed by atoms with van der Waals surface area (Å²) >= 11 is 3.26. The molecule has 0 bridgehead atoms. The average molecular weight is 273 g/mol. The van der Waals surface area contributed by atoms with E-state index in [-0.39, 0.29) is 17.8 Å². The Kier molecular flexibility index (Phi) is 3.19. The fourth-order valence-electron chi connectivity index (χ4n) is 2.60. The summed E-state index contributed by atoms with van der Waals surface area (Å²) in [4.78, 5) is 11.9. The first-order valence-electron chi connectivity index (χ1n) is 5.65. The Morgan fingerprint density at radius 2 is 2.20 bits per heavy atom. The first kappa shape index (κ1) is 11.2. The van der Waals surface area contributed by atoms with Gasteiger partial charge >= 0.3 is 0 Å². The highest BCUT2D eigenvalue weighted by Gasteiger charge is 2.40. The maximum atomic E-state index is 11.9. The maximum absolute atomic E-state index is 11.9. The molecule has 0 saturated heterocycles. The largest absolute Gasteiger partial charge is 0.496 e. The Bertz CT molecular complexity index is 296. The minimum absolute atomic E-state index is 0.0884. The summed E-state index contributed by atoms with van der Waals surface area (Å²) in [5.41, 5.74) is 0. The molecule has 2 rings (SSSR count). The van der Waals surface area contributed by atoms with E-state index in [1.165, 1.54) is 6.42 Å². The summed E-state index contributed by atoms with van der Waals surface area (Å²) in [5, 5.41) is 0. The number of hydrogen-bond donors (Lipinski definition) is 0. The molecule has 1 aliphatic heterocycles. The van der Waals surface area contributed by atoms with Gasteiger partial charge < -0.3 is 4.74 Å². The van der Waals surface area contributed by atoms with Gasteiger partial charge in [0.2, 0.25) is 0 Å². The van der Waals surface area contributed by atoms with E-state index in [2.05, 4.69) is 29.8 Å². The van der Waals surface area contributed by atoms with Gasteiger partial charge in [-0.25, -0.2) is 0 Å². The van der Waals surface area contributed by atoms with Gasteiger partial charge in [-0.3, -0.25) is 4.79 Å². The Balaban J connectivity index is 2.11. The minimum atomic E-state index is 0.0884. The van der Waals surface area contributed by atoms with Gasteiger partial charge in [-0.15, -0.1) is 0 Å². The molecule has 0 spiro atoms. The van der Waals surface area contributed by atoms with Crippen molar-refractivity contribution in [3.8, 4) is 0 Å². The van der Waals surface area contributed by atoms with Gasteiger partial charge in [0.1, 0.15) is 12.4 Å². The van der Waals surface area contributed by atoms with E-state index in [1.807, 2.05) is 0 Å². The molecule has 0 aromatic carbocycles. The lowest BCUT2D eigenvalue weighted by Gasteiger charge is -2.38. The molecule has 2 aliphatic rings. The Hall–Kier alpha value is -0.310. The molecule has 84 valence electrons. The number of rotatable bonds is 1. The number of carbonyl (C=O) groups is 1.